The van der Waals surface area contributed by atoms with E-state index in [1.54, 1.807) is 10.8 Å². The molecule has 1 fully saturated rings. The maximum atomic E-state index is 11.0. The molecule has 3 N–H and O–H groups in total. The number of carbonyl (C=O) groups is 1. The Morgan fingerprint density at radius 1 is 1.71 bits per heavy atom. The van der Waals surface area contributed by atoms with Crippen LogP contribution in [0, 0.1) is 0 Å². The van der Waals surface area contributed by atoms with Crippen LogP contribution in [-0.2, 0) is 5.54 Å². The van der Waals surface area contributed by atoms with Crippen molar-refractivity contribution < 1.29 is 9.90 Å². The first-order valence-electron chi connectivity index (χ1n) is 4.64. The molecule has 2 rings (SSSR count). The normalized spacial score (nSPS) is 18.9. The van der Waals surface area contributed by atoms with Crippen LogP contribution < -0.4 is 5.73 Å². The minimum Gasteiger partial charge on any atom is -0.394 e. The largest absolute Gasteiger partial charge is 0.394 e. The minimum atomic E-state index is -0.547. The lowest BCUT2D eigenvalue weighted by atomic mass is 9.77. The summed E-state index contributed by atoms with van der Waals surface area (Å²) < 4.78 is 1.71. The molecular weight excluding hydrogens is 182 g/mol. The number of imidazole rings is 1. The zero-order valence-corrected chi connectivity index (χ0v) is 7.81. The maximum absolute atomic E-state index is 11.0. The first-order chi connectivity index (χ1) is 6.69. The van der Waals surface area contributed by atoms with Crippen molar-refractivity contribution in [2.75, 3.05) is 6.61 Å². The number of rotatable bonds is 3. The molecule has 1 amide bonds. The molecule has 0 aromatic carbocycles. The molecule has 14 heavy (non-hydrogen) atoms. The van der Waals surface area contributed by atoms with Gasteiger partial charge in [0.25, 0.3) is 5.91 Å². The number of amides is 1. The van der Waals surface area contributed by atoms with E-state index < -0.39 is 5.91 Å². The summed E-state index contributed by atoms with van der Waals surface area (Å²) in [6.07, 6.45) is 6.06. The molecule has 0 saturated heterocycles. The van der Waals surface area contributed by atoms with Crippen molar-refractivity contribution >= 4 is 5.91 Å². The summed E-state index contributed by atoms with van der Waals surface area (Å²) in [5.41, 5.74) is 4.85. The van der Waals surface area contributed by atoms with Crippen molar-refractivity contribution in [2.24, 2.45) is 5.73 Å². The Morgan fingerprint density at radius 2 is 2.43 bits per heavy atom. The van der Waals surface area contributed by atoms with Crippen LogP contribution in [0.25, 0.3) is 0 Å². The predicted octanol–water partition coefficient (Wildman–Crippen LogP) is -0.147. The van der Waals surface area contributed by atoms with Crippen molar-refractivity contribution in [1.82, 2.24) is 9.55 Å². The Balaban J connectivity index is 2.39. The van der Waals surface area contributed by atoms with Crippen molar-refractivity contribution in [3.63, 3.8) is 0 Å². The molecule has 5 heteroatoms. The van der Waals surface area contributed by atoms with Crippen LogP contribution in [0.4, 0.5) is 0 Å². The maximum Gasteiger partial charge on any atom is 0.284 e. The lowest BCUT2D eigenvalue weighted by Crippen LogP contribution is -2.45. The van der Waals surface area contributed by atoms with Gasteiger partial charge >= 0.3 is 0 Å². The summed E-state index contributed by atoms with van der Waals surface area (Å²) in [5.74, 6) is -0.312. The van der Waals surface area contributed by atoms with Gasteiger partial charge in [0, 0.05) is 12.4 Å². The number of primary amides is 1. The van der Waals surface area contributed by atoms with Gasteiger partial charge in [-0.25, -0.2) is 4.98 Å². The molecule has 1 aromatic rings. The SMILES string of the molecule is NC(=O)c1nccn1C1(CO)CCC1. The number of nitrogens with two attached hydrogens (primary N) is 1. The highest BCUT2D eigenvalue weighted by Gasteiger charge is 2.39. The van der Waals surface area contributed by atoms with E-state index in [9.17, 15) is 9.90 Å². The van der Waals surface area contributed by atoms with Gasteiger partial charge in [-0.2, -0.15) is 0 Å². The monoisotopic (exact) mass is 195 g/mol. The Morgan fingerprint density at radius 3 is 2.86 bits per heavy atom. The average Bonchev–Trinajstić information content (AvgIpc) is 2.52. The number of carbonyl (C=O) groups excluding carboxylic acids is 1. The van der Waals surface area contributed by atoms with Crippen LogP contribution in [0.3, 0.4) is 0 Å². The molecule has 0 aliphatic heterocycles. The Kier molecular flexibility index (Phi) is 2.03. The van der Waals surface area contributed by atoms with E-state index in [2.05, 4.69) is 4.98 Å². The van der Waals surface area contributed by atoms with E-state index in [4.69, 9.17) is 5.73 Å². The number of hydrogen-bond donors (Lipinski definition) is 2. The molecule has 1 aliphatic carbocycles. The molecule has 5 nitrogen and oxygen atoms in total. The summed E-state index contributed by atoms with van der Waals surface area (Å²) in [5, 5.41) is 9.31. The molecule has 1 heterocycles. The van der Waals surface area contributed by atoms with Crippen LogP contribution in [0.2, 0.25) is 0 Å². The van der Waals surface area contributed by atoms with Crippen molar-refractivity contribution in [2.45, 2.75) is 24.8 Å². The van der Waals surface area contributed by atoms with Gasteiger partial charge in [0.15, 0.2) is 5.82 Å². The number of aliphatic hydroxyl groups is 1. The quantitative estimate of drug-likeness (QED) is 0.704. The molecule has 76 valence electrons. The van der Waals surface area contributed by atoms with Gasteiger partial charge in [-0.1, -0.05) is 0 Å². The standard InChI is InChI=1S/C9H13N3O2/c10-7(14)8-11-4-5-12(8)9(6-13)2-1-3-9/h4-5,13H,1-3,6H2,(H2,10,14). The number of nitrogens with zero attached hydrogens (tertiary/aromatic N) is 2. The first-order valence-corrected chi connectivity index (χ1v) is 4.64. The molecule has 0 bridgehead atoms. The van der Waals surface area contributed by atoms with Gasteiger partial charge in [0.2, 0.25) is 0 Å². The highest BCUT2D eigenvalue weighted by molar-refractivity contribution is 5.89. The number of aliphatic hydroxyl groups excluding tert-OH is 1. The summed E-state index contributed by atoms with van der Waals surface area (Å²) in [6, 6.07) is 0. The summed E-state index contributed by atoms with van der Waals surface area (Å²) >= 11 is 0. The Bertz CT molecular complexity index is 349. The molecule has 0 atom stereocenters. The molecule has 1 saturated carbocycles. The first kappa shape index (κ1) is 9.21. The predicted molar refractivity (Wildman–Crippen MR) is 49.7 cm³/mol. The van der Waals surface area contributed by atoms with E-state index in [0.717, 1.165) is 19.3 Å². The molecular formula is C9H13N3O2. The Labute approximate surface area is 81.5 Å². The van der Waals surface area contributed by atoms with Gasteiger partial charge in [-0.15, -0.1) is 0 Å². The molecule has 0 radical (unpaired) electrons. The second-order valence-electron chi connectivity index (χ2n) is 3.72. The van der Waals surface area contributed by atoms with E-state index in [1.807, 2.05) is 0 Å². The second kappa shape index (κ2) is 3.09. The second-order valence-corrected chi connectivity index (χ2v) is 3.72. The van der Waals surface area contributed by atoms with Crippen molar-refractivity contribution in [3.8, 4) is 0 Å². The summed E-state index contributed by atoms with van der Waals surface area (Å²) in [7, 11) is 0. The lowest BCUT2D eigenvalue weighted by Gasteiger charge is -2.42. The zero-order chi connectivity index (χ0) is 10.2. The zero-order valence-electron chi connectivity index (χ0n) is 7.81. The Hall–Kier alpha value is -1.36. The summed E-state index contributed by atoms with van der Waals surface area (Å²) in [6.45, 7) is 0.0314. The lowest BCUT2D eigenvalue weighted by molar-refractivity contribution is 0.0514. The van der Waals surface area contributed by atoms with E-state index >= 15 is 0 Å². The topological polar surface area (TPSA) is 81.1 Å². The molecule has 1 aliphatic rings. The summed E-state index contributed by atoms with van der Waals surface area (Å²) in [4.78, 5) is 14.9. The van der Waals surface area contributed by atoms with Crippen LogP contribution in [0.15, 0.2) is 12.4 Å². The van der Waals surface area contributed by atoms with Crippen molar-refractivity contribution in [1.29, 1.82) is 0 Å². The van der Waals surface area contributed by atoms with Gasteiger partial charge in [0.1, 0.15) is 0 Å². The van der Waals surface area contributed by atoms with E-state index in [0.29, 0.717) is 0 Å². The molecule has 0 unspecified atom stereocenters. The third-order valence-corrected chi connectivity index (χ3v) is 2.95. The van der Waals surface area contributed by atoms with E-state index in [1.165, 1.54) is 6.20 Å². The van der Waals surface area contributed by atoms with Crippen LogP contribution >= 0.6 is 0 Å². The average molecular weight is 195 g/mol. The van der Waals surface area contributed by atoms with Crippen molar-refractivity contribution in [3.05, 3.63) is 18.2 Å². The highest BCUT2D eigenvalue weighted by Crippen LogP contribution is 2.39. The van der Waals surface area contributed by atoms with Crippen LogP contribution in [0.5, 0.6) is 0 Å². The van der Waals surface area contributed by atoms with Crippen LogP contribution in [-0.4, -0.2) is 27.2 Å². The molecule has 1 aromatic heterocycles. The third-order valence-electron chi connectivity index (χ3n) is 2.95. The smallest absolute Gasteiger partial charge is 0.284 e. The third kappa shape index (κ3) is 1.13. The van der Waals surface area contributed by atoms with Crippen LogP contribution in [0.1, 0.15) is 29.9 Å². The fraction of sp³-hybridized carbons (Fsp3) is 0.556. The fourth-order valence-electron chi connectivity index (χ4n) is 1.93. The van der Waals surface area contributed by atoms with Gasteiger partial charge in [-0.3, -0.25) is 4.79 Å². The number of aromatic nitrogens is 2. The van der Waals surface area contributed by atoms with Gasteiger partial charge < -0.3 is 15.4 Å². The van der Waals surface area contributed by atoms with E-state index in [-0.39, 0.29) is 18.0 Å². The highest BCUT2D eigenvalue weighted by atomic mass is 16.3. The fourth-order valence-corrected chi connectivity index (χ4v) is 1.93. The van der Waals surface area contributed by atoms with Gasteiger partial charge in [-0.05, 0) is 19.3 Å². The molecule has 0 spiro atoms. The minimum absolute atomic E-state index is 0.0314. The number of hydrogen-bond acceptors (Lipinski definition) is 3. The van der Waals surface area contributed by atoms with Gasteiger partial charge in [0.05, 0.1) is 12.1 Å².